The van der Waals surface area contributed by atoms with E-state index in [1.165, 1.54) is 12.8 Å². The molecule has 2 aliphatic heterocycles. The molecule has 1 unspecified atom stereocenters. The van der Waals surface area contributed by atoms with Crippen molar-refractivity contribution in [2.75, 3.05) is 55.4 Å². The van der Waals surface area contributed by atoms with E-state index in [4.69, 9.17) is 26.5 Å². The normalized spacial score (nSPS) is 26.7. The fraction of sp³-hybridized carbons (Fsp3) is 0.485. The lowest BCUT2D eigenvalue weighted by Gasteiger charge is -2.60. The quantitative estimate of drug-likeness (QED) is 0.266. The number of carbonyl (C=O) groups is 1. The third kappa shape index (κ3) is 5.39. The lowest BCUT2D eigenvalue weighted by molar-refractivity contribution is -0.129. The van der Waals surface area contributed by atoms with Crippen molar-refractivity contribution in [3.8, 4) is 5.75 Å². The third-order valence-electron chi connectivity index (χ3n) is 10.2. The van der Waals surface area contributed by atoms with Gasteiger partial charge in [-0.2, -0.15) is 0 Å². The van der Waals surface area contributed by atoms with E-state index in [1.807, 2.05) is 24.5 Å². The van der Waals surface area contributed by atoms with Crippen molar-refractivity contribution in [2.45, 2.75) is 51.1 Å². The number of nitrogen functional groups attached to an aromatic ring is 1. The molecule has 2 aromatic heterocycles. The zero-order chi connectivity index (χ0) is 31.0. The van der Waals surface area contributed by atoms with E-state index in [1.54, 1.807) is 18.2 Å². The first-order chi connectivity index (χ1) is 21.3. The van der Waals surface area contributed by atoms with Gasteiger partial charge in [0, 0.05) is 86.3 Å². The molecule has 3 fully saturated rings. The number of nitrogens with zero attached hydrogens (tertiary/aromatic N) is 5. The minimum atomic E-state index is -0.0108. The fourth-order valence-electron chi connectivity index (χ4n) is 7.89. The monoisotopic (exact) mass is 600 g/mol. The highest BCUT2D eigenvalue weighted by atomic mass is 16.3. The Morgan fingerprint density at radius 3 is 2.39 bits per heavy atom. The number of anilines is 3. The maximum absolute atomic E-state index is 11.0. The van der Waals surface area contributed by atoms with Gasteiger partial charge in [0.1, 0.15) is 17.9 Å². The Bertz CT molecular complexity index is 1500. The number of H-pyrrole nitrogens is 1. The van der Waals surface area contributed by atoms with Crippen LogP contribution in [0.1, 0.15) is 61.0 Å². The molecule has 1 aromatic carbocycles. The van der Waals surface area contributed by atoms with E-state index in [0.29, 0.717) is 40.4 Å². The van der Waals surface area contributed by atoms with Crippen LogP contribution in [-0.2, 0) is 11.2 Å². The maximum Gasteiger partial charge on any atom is 0.225 e. The van der Waals surface area contributed by atoms with Crippen LogP contribution in [0.4, 0.5) is 17.5 Å². The van der Waals surface area contributed by atoms with E-state index in [0.717, 1.165) is 87.9 Å². The number of benzene rings is 1. The number of phenolic OH excluding ortho intramolecular Hbond substituents is 1. The molecule has 1 spiro atoms. The zero-order valence-corrected chi connectivity index (χ0v) is 25.6. The molecule has 0 amide bonds. The molecule has 1 atom stereocenters. The van der Waals surface area contributed by atoms with Crippen LogP contribution in [0.25, 0.3) is 11.8 Å². The van der Waals surface area contributed by atoms with Crippen LogP contribution in [0.15, 0.2) is 36.7 Å². The number of aliphatic hydroxyl groups is 1. The van der Waals surface area contributed by atoms with Gasteiger partial charge in [-0.15, -0.1) is 0 Å². The molecule has 0 radical (unpaired) electrons. The average molecular weight is 601 g/mol. The van der Waals surface area contributed by atoms with Gasteiger partial charge in [0.05, 0.1) is 24.1 Å². The molecule has 44 heavy (non-hydrogen) atoms. The number of fused-ring (bicyclic) bond motifs is 1. The molecule has 11 nitrogen and oxygen atoms in total. The van der Waals surface area contributed by atoms with E-state index in [9.17, 15) is 9.90 Å². The van der Waals surface area contributed by atoms with Crippen molar-refractivity contribution >= 4 is 35.5 Å². The van der Waals surface area contributed by atoms with Gasteiger partial charge < -0.3 is 41.3 Å². The third-order valence-corrected chi connectivity index (χ3v) is 10.2. The SMILES string of the molecule is CC1c2c([nH]c(N)c2/C=C(\N)c2ccccc2O)CCN1c1ncc(N2CCN(C3CC4(CC(C=O)C4)C3)CC2)cn1.CO. The van der Waals surface area contributed by atoms with Gasteiger partial charge in [-0.05, 0) is 56.2 Å². The van der Waals surface area contributed by atoms with Crippen LogP contribution in [0, 0.1) is 11.3 Å². The number of aromatic nitrogens is 3. The maximum atomic E-state index is 11.0. The van der Waals surface area contributed by atoms with Crippen molar-refractivity contribution in [1.82, 2.24) is 19.9 Å². The number of aliphatic hydroxyl groups excluding tert-OH is 1. The number of aromatic amines is 1. The highest BCUT2D eigenvalue weighted by Crippen LogP contribution is 2.59. The second kappa shape index (κ2) is 12.1. The molecule has 7 rings (SSSR count). The summed E-state index contributed by atoms with van der Waals surface area (Å²) in [6.07, 6.45) is 12.4. The molecule has 0 bridgehead atoms. The Labute approximate surface area is 258 Å². The molecule has 2 aliphatic carbocycles. The van der Waals surface area contributed by atoms with E-state index in [2.05, 4.69) is 26.6 Å². The van der Waals surface area contributed by atoms with E-state index >= 15 is 0 Å². The van der Waals surface area contributed by atoms with Crippen LogP contribution in [0.2, 0.25) is 0 Å². The van der Waals surface area contributed by atoms with E-state index in [-0.39, 0.29) is 11.8 Å². The number of rotatable bonds is 6. The predicted octanol–water partition coefficient (Wildman–Crippen LogP) is 3.16. The number of hydrogen-bond donors (Lipinski definition) is 5. The smallest absolute Gasteiger partial charge is 0.225 e. The van der Waals surface area contributed by atoms with Crippen LogP contribution in [0.3, 0.4) is 0 Å². The van der Waals surface area contributed by atoms with Crippen LogP contribution in [0.5, 0.6) is 5.75 Å². The lowest BCUT2D eigenvalue weighted by atomic mass is 9.50. The van der Waals surface area contributed by atoms with Crippen LogP contribution >= 0.6 is 0 Å². The number of nitrogens with one attached hydrogen (secondary N) is 1. The van der Waals surface area contributed by atoms with Gasteiger partial charge in [0.15, 0.2) is 0 Å². The molecule has 7 N–H and O–H groups in total. The molecule has 234 valence electrons. The van der Waals surface area contributed by atoms with Gasteiger partial charge in [-0.1, -0.05) is 12.1 Å². The van der Waals surface area contributed by atoms with Crippen molar-refractivity contribution in [2.24, 2.45) is 17.1 Å². The summed E-state index contributed by atoms with van der Waals surface area (Å²) in [4.78, 5) is 31.2. The molecule has 1 saturated heterocycles. The van der Waals surface area contributed by atoms with Gasteiger partial charge >= 0.3 is 0 Å². The first-order valence-electron chi connectivity index (χ1n) is 15.6. The number of hydrogen-bond acceptors (Lipinski definition) is 10. The summed E-state index contributed by atoms with van der Waals surface area (Å²) in [6.45, 7) is 6.98. The van der Waals surface area contributed by atoms with Crippen LogP contribution < -0.4 is 21.3 Å². The minimum Gasteiger partial charge on any atom is -0.507 e. The summed E-state index contributed by atoms with van der Waals surface area (Å²) in [5.41, 5.74) is 18.4. The van der Waals surface area contributed by atoms with Crippen LogP contribution in [-0.4, -0.2) is 82.2 Å². The first-order valence-corrected chi connectivity index (χ1v) is 15.6. The van der Waals surface area contributed by atoms with Crippen molar-refractivity contribution in [3.05, 3.63) is 59.0 Å². The van der Waals surface area contributed by atoms with Crippen molar-refractivity contribution in [3.63, 3.8) is 0 Å². The summed E-state index contributed by atoms with van der Waals surface area (Å²) in [7, 11) is 1.00. The molecule has 2 saturated carbocycles. The van der Waals surface area contributed by atoms with Gasteiger partial charge in [-0.25, -0.2) is 9.97 Å². The molecule has 3 aromatic rings. The average Bonchev–Trinajstić information content (AvgIpc) is 3.33. The predicted molar refractivity (Wildman–Crippen MR) is 173 cm³/mol. The van der Waals surface area contributed by atoms with Gasteiger partial charge in [-0.3, -0.25) is 4.90 Å². The van der Waals surface area contributed by atoms with E-state index < -0.39 is 0 Å². The Kier molecular flexibility index (Phi) is 8.26. The second-order valence-corrected chi connectivity index (χ2v) is 12.7. The summed E-state index contributed by atoms with van der Waals surface area (Å²) >= 11 is 0. The number of nitrogens with two attached hydrogens (primary N) is 2. The fourth-order valence-corrected chi connectivity index (χ4v) is 7.89. The largest absolute Gasteiger partial charge is 0.507 e. The standard InChI is InChI=1S/C32H40N8O2.CH4O/c1-20-29-25(12-26(33)24-4-2-3-5-28(24)42)30(34)37-27(29)6-7-40(20)31-35-17-23(18-36-31)39-10-8-38(9-11-39)22-15-32(16-22)13-21(14-32)19-41;1-2/h2-5,12,17-22,37,42H,6-11,13-16,33-34H2,1H3;2H,1H3/b26-12-;. The molecule has 4 heterocycles. The Morgan fingerprint density at radius 1 is 1.05 bits per heavy atom. The highest BCUT2D eigenvalue weighted by Gasteiger charge is 2.54. The summed E-state index contributed by atoms with van der Waals surface area (Å²) < 4.78 is 0. The van der Waals surface area contributed by atoms with Crippen molar-refractivity contribution in [1.29, 1.82) is 0 Å². The number of carbonyl (C=O) groups excluding carboxylic acids is 1. The molecule has 11 heteroatoms. The molecular weight excluding hydrogens is 556 g/mol. The lowest BCUT2D eigenvalue weighted by Crippen LogP contribution is -2.60. The Morgan fingerprint density at radius 2 is 1.73 bits per heavy atom. The minimum absolute atomic E-state index is 0.0108. The highest BCUT2D eigenvalue weighted by molar-refractivity contribution is 5.86. The summed E-state index contributed by atoms with van der Waals surface area (Å²) in [5, 5.41) is 17.3. The Hall–Kier alpha value is -4.09. The Balaban J connectivity index is 0.00000168. The number of phenols is 1. The topological polar surface area (TPSA) is 161 Å². The molecule has 4 aliphatic rings. The van der Waals surface area contributed by atoms with Crippen molar-refractivity contribution < 1.29 is 15.0 Å². The number of para-hydroxylation sites is 1. The summed E-state index contributed by atoms with van der Waals surface area (Å²) in [6, 6.07) is 7.71. The second-order valence-electron chi connectivity index (χ2n) is 12.7. The molecular formula is C33H44N8O3. The number of aldehydes is 1. The first kappa shape index (κ1) is 30.0. The van der Waals surface area contributed by atoms with Gasteiger partial charge in [0.25, 0.3) is 0 Å². The van der Waals surface area contributed by atoms with Gasteiger partial charge in [0.2, 0.25) is 5.95 Å². The zero-order valence-electron chi connectivity index (χ0n) is 25.6. The number of piperazine rings is 1. The number of aromatic hydroxyl groups is 1. The summed E-state index contributed by atoms with van der Waals surface area (Å²) in [5.74, 6) is 1.72.